The smallest absolute Gasteiger partial charge is 0.119 e. The Morgan fingerprint density at radius 2 is 1.23 bits per heavy atom. The topological polar surface area (TPSA) is 9.23 Å². The van der Waals surface area contributed by atoms with Crippen LogP contribution < -0.4 is 15.1 Å². The van der Waals surface area contributed by atoms with Crippen molar-refractivity contribution in [2.45, 2.75) is 30.7 Å². The second-order valence-corrected chi connectivity index (χ2v) is 20.8. The maximum absolute atomic E-state index is 5.78. The van der Waals surface area contributed by atoms with Crippen LogP contribution in [0.4, 0.5) is 0 Å². The molecule has 0 bridgehead atoms. The molecule has 0 spiro atoms. The summed E-state index contributed by atoms with van der Waals surface area (Å²) in [4.78, 5) is 0. The van der Waals surface area contributed by atoms with Gasteiger partial charge in [0.05, 0.1) is 14.7 Å². The minimum atomic E-state index is -2.16. The first-order valence-electron chi connectivity index (χ1n) is 12.3. The average molecular weight is 609 g/mol. The Morgan fingerprint density at radius 1 is 0.714 bits per heavy atom. The molecule has 0 aliphatic carbocycles. The van der Waals surface area contributed by atoms with Gasteiger partial charge in [-0.05, 0) is 52.4 Å². The molecule has 0 aromatic heterocycles. The van der Waals surface area contributed by atoms with Crippen molar-refractivity contribution in [1.82, 2.24) is 0 Å². The maximum Gasteiger partial charge on any atom is 0.119 e. The van der Waals surface area contributed by atoms with Gasteiger partial charge in [-0.25, -0.2) is 0 Å². The van der Waals surface area contributed by atoms with Gasteiger partial charge in [-0.1, -0.05) is 124 Å². The van der Waals surface area contributed by atoms with E-state index < -0.39 is 16.1 Å². The zero-order valence-corrected chi connectivity index (χ0v) is 25.0. The van der Waals surface area contributed by atoms with Gasteiger partial charge in [0, 0.05) is 0 Å². The van der Waals surface area contributed by atoms with E-state index in [0.717, 1.165) is 23.9 Å². The molecule has 0 saturated carbocycles. The van der Waals surface area contributed by atoms with Crippen LogP contribution in [0, 0.1) is 0 Å². The second-order valence-electron chi connectivity index (χ2n) is 9.27. The molecular formula is C31H37IOSi2. The third-order valence-corrected chi connectivity index (χ3v) is 23.9. The van der Waals surface area contributed by atoms with Gasteiger partial charge >= 0.3 is 0 Å². The van der Waals surface area contributed by atoms with Gasteiger partial charge in [0.25, 0.3) is 0 Å². The van der Waals surface area contributed by atoms with Crippen molar-refractivity contribution in [2.75, 3.05) is 10.7 Å². The quantitative estimate of drug-likeness (QED) is 0.0785. The first-order chi connectivity index (χ1) is 17.1. The Balaban J connectivity index is 2.18. The predicted octanol–water partition coefficient (Wildman–Crippen LogP) is 7.84. The van der Waals surface area contributed by atoms with Crippen molar-refractivity contribution in [3.8, 4) is 16.9 Å². The van der Waals surface area contributed by atoms with E-state index in [1.54, 1.807) is 0 Å². The molecule has 1 unspecified atom stereocenters. The highest BCUT2D eigenvalue weighted by atomic mass is 127. The molecule has 0 N–H and O–H groups in total. The minimum absolute atomic E-state index is 0.680. The van der Waals surface area contributed by atoms with Crippen LogP contribution in [0.25, 0.3) is 11.1 Å². The van der Waals surface area contributed by atoms with Crippen LogP contribution in [0.2, 0.25) is 23.8 Å². The summed E-state index contributed by atoms with van der Waals surface area (Å²) in [5, 5.41) is 2.94. The molecule has 4 heteroatoms. The minimum Gasteiger partial charge on any atom is -0.494 e. The molecule has 35 heavy (non-hydrogen) atoms. The molecule has 3 aromatic carbocycles. The number of rotatable bonds is 14. The van der Waals surface area contributed by atoms with Crippen molar-refractivity contribution in [1.29, 1.82) is 0 Å². The predicted molar refractivity (Wildman–Crippen MR) is 169 cm³/mol. The highest BCUT2D eigenvalue weighted by Crippen LogP contribution is 2.33. The lowest BCUT2D eigenvalue weighted by atomic mass is 10.1. The fourth-order valence-corrected chi connectivity index (χ4v) is 22.9. The Kier molecular flexibility index (Phi) is 10.4. The monoisotopic (exact) mass is 608 g/mol. The summed E-state index contributed by atoms with van der Waals surface area (Å²) in [6.07, 6.45) is 6.46. The molecule has 0 heterocycles. The van der Waals surface area contributed by atoms with Crippen LogP contribution in [0.15, 0.2) is 117 Å². The normalized spacial score (nSPS) is 13.0. The second kappa shape index (κ2) is 13.2. The van der Waals surface area contributed by atoms with E-state index in [9.17, 15) is 0 Å². The van der Waals surface area contributed by atoms with Crippen molar-refractivity contribution >= 4 is 49.1 Å². The van der Waals surface area contributed by atoms with Crippen LogP contribution in [0.3, 0.4) is 0 Å². The average Bonchev–Trinajstić information content (AvgIpc) is 2.90. The van der Waals surface area contributed by atoms with Crippen molar-refractivity contribution < 1.29 is 4.74 Å². The van der Waals surface area contributed by atoms with Crippen LogP contribution >= 0.6 is 22.6 Å². The van der Waals surface area contributed by atoms with Crippen molar-refractivity contribution in [3.63, 3.8) is 0 Å². The SMILES string of the molecule is C=CC[Si](CI)(CC=C)C[Si](CC=C)(c1ccc(OCC)cc1)c1ccc(-c2ccccc2)cc1. The zero-order chi connectivity index (χ0) is 25.2. The van der Waals surface area contributed by atoms with Gasteiger partial charge in [0.2, 0.25) is 0 Å². The summed E-state index contributed by atoms with van der Waals surface area (Å²) in [6, 6.07) is 32.2. The molecule has 182 valence electrons. The van der Waals surface area contributed by atoms with E-state index in [0.29, 0.717) is 6.61 Å². The first kappa shape index (κ1) is 27.4. The number of hydrogen-bond donors (Lipinski definition) is 0. The van der Waals surface area contributed by atoms with Gasteiger partial charge < -0.3 is 4.74 Å². The molecular weight excluding hydrogens is 571 g/mol. The fourth-order valence-electron chi connectivity index (χ4n) is 5.21. The number of alkyl halides is 1. The highest BCUT2D eigenvalue weighted by Gasteiger charge is 2.44. The molecule has 1 atom stereocenters. The number of allylic oxidation sites excluding steroid dienone is 3. The number of halogens is 1. The van der Waals surface area contributed by atoms with Crippen LogP contribution in [-0.4, -0.2) is 26.8 Å². The molecule has 0 fully saturated rings. The standard InChI is InChI=1S/C31H37IOSi2/c1-5-22-34(25-32,23-6-2)26-35(24-7-3,31-20-16-29(17-21-31)33-8-4)30-18-14-28(15-19-30)27-12-10-9-11-13-27/h5-7,9-21H,1-3,8,22-26H2,4H3. The lowest BCUT2D eigenvalue weighted by molar-refractivity contribution is 0.340. The summed E-state index contributed by atoms with van der Waals surface area (Å²) in [6.45, 7) is 15.3. The third-order valence-electron chi connectivity index (χ3n) is 6.87. The fraction of sp³-hybridized carbons (Fsp3) is 0.226. The van der Waals surface area contributed by atoms with E-state index in [2.05, 4.69) is 139 Å². The van der Waals surface area contributed by atoms with Gasteiger partial charge in [-0.15, -0.1) is 19.7 Å². The van der Waals surface area contributed by atoms with Crippen molar-refractivity contribution in [2.24, 2.45) is 0 Å². The van der Waals surface area contributed by atoms with E-state index in [1.165, 1.54) is 31.2 Å². The van der Waals surface area contributed by atoms with Crippen LogP contribution in [0.1, 0.15) is 6.92 Å². The Labute approximate surface area is 227 Å². The molecule has 0 amide bonds. The zero-order valence-electron chi connectivity index (χ0n) is 20.9. The summed E-state index contributed by atoms with van der Waals surface area (Å²) in [5.41, 5.74) is 3.77. The van der Waals surface area contributed by atoms with Crippen molar-refractivity contribution in [3.05, 3.63) is 117 Å². The molecule has 0 saturated heterocycles. The summed E-state index contributed by atoms with van der Waals surface area (Å²) in [7, 11) is -3.84. The molecule has 1 nitrogen and oxygen atoms in total. The third kappa shape index (κ3) is 6.54. The Hall–Kier alpha value is -2.16. The molecule has 3 aromatic rings. The Bertz CT molecular complexity index is 1080. The largest absolute Gasteiger partial charge is 0.494 e. The van der Waals surface area contributed by atoms with E-state index in [4.69, 9.17) is 4.74 Å². The molecule has 0 aliphatic rings. The lowest BCUT2D eigenvalue weighted by Gasteiger charge is -2.40. The van der Waals surface area contributed by atoms with E-state index in [1.807, 2.05) is 6.92 Å². The molecule has 0 radical (unpaired) electrons. The number of ether oxygens (including phenoxy) is 1. The lowest BCUT2D eigenvalue weighted by Crippen LogP contribution is -2.63. The highest BCUT2D eigenvalue weighted by molar-refractivity contribution is 14.1. The van der Waals surface area contributed by atoms with Crippen LogP contribution in [0.5, 0.6) is 5.75 Å². The van der Waals surface area contributed by atoms with Gasteiger partial charge in [0.1, 0.15) is 13.8 Å². The summed E-state index contributed by atoms with van der Waals surface area (Å²) >= 11 is 2.63. The van der Waals surface area contributed by atoms with Gasteiger partial charge in [-0.2, -0.15) is 0 Å². The van der Waals surface area contributed by atoms with Gasteiger partial charge in [0.15, 0.2) is 0 Å². The van der Waals surface area contributed by atoms with E-state index in [-0.39, 0.29) is 0 Å². The van der Waals surface area contributed by atoms with E-state index >= 15 is 0 Å². The number of hydrogen-bond acceptors (Lipinski definition) is 1. The Morgan fingerprint density at radius 3 is 1.71 bits per heavy atom. The van der Waals surface area contributed by atoms with Gasteiger partial charge in [-0.3, -0.25) is 0 Å². The number of benzene rings is 3. The summed E-state index contributed by atoms with van der Waals surface area (Å²) < 4.78 is 6.98. The maximum atomic E-state index is 5.78. The first-order valence-corrected chi connectivity index (χ1v) is 19.1. The summed E-state index contributed by atoms with van der Waals surface area (Å²) in [5.74, 6) is 0.937. The molecule has 0 aliphatic heterocycles. The van der Waals surface area contributed by atoms with Crippen LogP contribution in [-0.2, 0) is 0 Å². The molecule has 3 rings (SSSR count).